The van der Waals surface area contributed by atoms with Gasteiger partial charge in [-0.15, -0.1) is 0 Å². The molecule has 1 aromatic heterocycles. The van der Waals surface area contributed by atoms with Crippen molar-refractivity contribution in [2.75, 3.05) is 19.7 Å². The van der Waals surface area contributed by atoms with E-state index in [1.807, 2.05) is 36.4 Å². The van der Waals surface area contributed by atoms with Crippen LogP contribution in [-0.4, -0.2) is 35.0 Å². The molecule has 0 radical (unpaired) electrons. The number of hydrogen-bond donors (Lipinski definition) is 4. The molecule has 1 aliphatic heterocycles. The lowest BCUT2D eigenvalue weighted by atomic mass is 9.80. The van der Waals surface area contributed by atoms with Gasteiger partial charge in [0.05, 0.1) is 0 Å². The van der Waals surface area contributed by atoms with E-state index in [0.717, 1.165) is 12.1 Å². The molecule has 150 valence electrons. The van der Waals surface area contributed by atoms with Crippen LogP contribution in [0.1, 0.15) is 29.2 Å². The first-order valence-electron chi connectivity index (χ1n) is 9.66. The van der Waals surface area contributed by atoms with E-state index in [1.165, 1.54) is 12.1 Å². The van der Waals surface area contributed by atoms with Crippen LogP contribution in [0.2, 0.25) is 0 Å². The molecule has 2 aromatic carbocycles. The lowest BCUT2D eigenvalue weighted by Gasteiger charge is -2.31. The summed E-state index contributed by atoms with van der Waals surface area (Å²) in [5, 5.41) is 33.9. The lowest BCUT2D eigenvalue weighted by Crippen LogP contribution is -2.37. The summed E-state index contributed by atoms with van der Waals surface area (Å²) in [6, 6.07) is 12.1. The van der Waals surface area contributed by atoms with Crippen LogP contribution in [0, 0.1) is 5.92 Å². The van der Waals surface area contributed by atoms with Gasteiger partial charge in [-0.1, -0.05) is 36.4 Å². The van der Waals surface area contributed by atoms with Crippen LogP contribution in [0.5, 0.6) is 11.5 Å². The van der Waals surface area contributed by atoms with Crippen LogP contribution in [0.3, 0.4) is 0 Å². The number of aliphatic hydroxyl groups excluding tert-OH is 1. The van der Waals surface area contributed by atoms with Crippen LogP contribution in [0.4, 0.5) is 0 Å². The van der Waals surface area contributed by atoms with Crippen molar-refractivity contribution in [1.82, 2.24) is 5.32 Å². The highest BCUT2D eigenvalue weighted by Crippen LogP contribution is 2.42. The SMILES string of the molecule is O=c1cc(C=Cc2ccccc2)oc2c(C3CCNCC3CO)c(O)cc(O)c12. The maximum atomic E-state index is 12.7. The Bertz CT molecular complexity index is 1100. The standard InChI is InChI=1S/C23H23NO5/c25-13-15-12-24-9-8-17(15)21-19(27)11-20(28)22-18(26)10-16(29-23(21)22)7-6-14-4-2-1-3-5-14/h1-7,10-11,15,17,24-25,27-28H,8-9,12-13H2. The molecule has 0 saturated carbocycles. The molecule has 2 atom stereocenters. The van der Waals surface area contributed by atoms with E-state index in [9.17, 15) is 20.1 Å². The fourth-order valence-corrected chi connectivity index (χ4v) is 4.02. The summed E-state index contributed by atoms with van der Waals surface area (Å²) in [7, 11) is 0. The van der Waals surface area contributed by atoms with Crippen molar-refractivity contribution in [1.29, 1.82) is 0 Å². The van der Waals surface area contributed by atoms with Crippen LogP contribution in [0.15, 0.2) is 51.7 Å². The number of fused-ring (bicyclic) bond motifs is 1. The van der Waals surface area contributed by atoms with Gasteiger partial charge in [-0.2, -0.15) is 0 Å². The summed E-state index contributed by atoms with van der Waals surface area (Å²) in [5.74, 6) is -0.445. The highest BCUT2D eigenvalue weighted by atomic mass is 16.3. The number of hydrogen-bond acceptors (Lipinski definition) is 6. The first-order chi connectivity index (χ1) is 14.1. The minimum Gasteiger partial charge on any atom is -0.507 e. The highest BCUT2D eigenvalue weighted by molar-refractivity contribution is 5.89. The molecule has 2 heterocycles. The van der Waals surface area contributed by atoms with Gasteiger partial charge in [-0.3, -0.25) is 4.79 Å². The Hall–Kier alpha value is -3.09. The minimum absolute atomic E-state index is 0.0462. The summed E-state index contributed by atoms with van der Waals surface area (Å²) in [6.45, 7) is 1.26. The molecule has 0 amide bonds. The van der Waals surface area contributed by atoms with Gasteiger partial charge >= 0.3 is 0 Å². The maximum Gasteiger partial charge on any atom is 0.197 e. The second-order valence-electron chi connectivity index (χ2n) is 7.33. The number of aliphatic hydroxyl groups is 1. The third-order valence-electron chi connectivity index (χ3n) is 5.47. The molecule has 4 rings (SSSR count). The quantitative estimate of drug-likeness (QED) is 0.543. The van der Waals surface area contributed by atoms with E-state index in [0.29, 0.717) is 24.3 Å². The van der Waals surface area contributed by atoms with Crippen molar-refractivity contribution in [2.45, 2.75) is 12.3 Å². The Kier molecular flexibility index (Phi) is 5.38. The van der Waals surface area contributed by atoms with Crippen LogP contribution in [-0.2, 0) is 0 Å². The topological polar surface area (TPSA) is 103 Å². The third-order valence-corrected chi connectivity index (χ3v) is 5.47. The van der Waals surface area contributed by atoms with Crippen LogP contribution >= 0.6 is 0 Å². The van der Waals surface area contributed by atoms with Gasteiger partial charge in [0.15, 0.2) is 5.43 Å². The number of aromatic hydroxyl groups is 2. The van der Waals surface area contributed by atoms with E-state index in [4.69, 9.17) is 4.42 Å². The molecule has 3 aromatic rings. The number of nitrogens with one attached hydrogen (secondary N) is 1. The second kappa shape index (κ2) is 8.11. The fraction of sp³-hybridized carbons (Fsp3) is 0.261. The van der Waals surface area contributed by atoms with Gasteiger partial charge < -0.3 is 25.1 Å². The Morgan fingerprint density at radius 2 is 1.90 bits per heavy atom. The predicted molar refractivity (Wildman–Crippen MR) is 112 cm³/mol. The van der Waals surface area contributed by atoms with E-state index in [2.05, 4.69) is 5.32 Å². The Morgan fingerprint density at radius 3 is 2.66 bits per heavy atom. The number of phenols is 2. The first-order valence-corrected chi connectivity index (χ1v) is 9.66. The van der Waals surface area contributed by atoms with Crippen molar-refractivity contribution < 1.29 is 19.7 Å². The molecular formula is C23H23NO5. The maximum absolute atomic E-state index is 12.7. The lowest BCUT2D eigenvalue weighted by molar-refractivity contribution is 0.178. The second-order valence-corrected chi connectivity index (χ2v) is 7.33. The van der Waals surface area contributed by atoms with Crippen molar-refractivity contribution in [3.05, 3.63) is 69.6 Å². The van der Waals surface area contributed by atoms with E-state index < -0.39 is 0 Å². The van der Waals surface area contributed by atoms with Crippen molar-refractivity contribution in [3.63, 3.8) is 0 Å². The molecule has 29 heavy (non-hydrogen) atoms. The van der Waals surface area contributed by atoms with E-state index >= 15 is 0 Å². The molecule has 0 aliphatic carbocycles. The van der Waals surface area contributed by atoms with E-state index in [1.54, 1.807) is 6.08 Å². The van der Waals surface area contributed by atoms with E-state index in [-0.39, 0.29) is 46.3 Å². The number of piperidine rings is 1. The summed E-state index contributed by atoms with van der Waals surface area (Å²) < 4.78 is 5.99. The smallest absolute Gasteiger partial charge is 0.197 e. The predicted octanol–water partition coefficient (Wildman–Crippen LogP) is 3.06. The molecule has 1 saturated heterocycles. The van der Waals surface area contributed by atoms with Gasteiger partial charge in [0.2, 0.25) is 0 Å². The summed E-state index contributed by atoms with van der Waals surface area (Å²) in [6.07, 6.45) is 4.19. The van der Waals surface area contributed by atoms with Gasteiger partial charge in [-0.05, 0) is 30.5 Å². The van der Waals surface area contributed by atoms with Gasteiger partial charge in [0.25, 0.3) is 0 Å². The molecule has 6 nitrogen and oxygen atoms in total. The molecule has 0 bridgehead atoms. The zero-order chi connectivity index (χ0) is 20.4. The van der Waals surface area contributed by atoms with Crippen molar-refractivity contribution in [2.24, 2.45) is 5.92 Å². The zero-order valence-electron chi connectivity index (χ0n) is 15.8. The fourth-order valence-electron chi connectivity index (χ4n) is 4.02. The molecular weight excluding hydrogens is 370 g/mol. The Balaban J connectivity index is 1.88. The van der Waals surface area contributed by atoms with Crippen LogP contribution in [0.25, 0.3) is 23.1 Å². The average Bonchev–Trinajstić information content (AvgIpc) is 2.73. The molecule has 0 spiro atoms. The summed E-state index contributed by atoms with van der Waals surface area (Å²) >= 11 is 0. The highest BCUT2D eigenvalue weighted by Gasteiger charge is 2.31. The summed E-state index contributed by atoms with van der Waals surface area (Å²) in [5.41, 5.74) is 1.21. The monoisotopic (exact) mass is 393 g/mol. The average molecular weight is 393 g/mol. The van der Waals surface area contributed by atoms with Crippen LogP contribution < -0.4 is 10.7 Å². The zero-order valence-corrected chi connectivity index (χ0v) is 15.8. The minimum atomic E-state index is -0.382. The van der Waals surface area contributed by atoms with Crippen molar-refractivity contribution >= 4 is 23.1 Å². The van der Waals surface area contributed by atoms with Gasteiger partial charge in [0, 0.05) is 36.8 Å². The number of phenolic OH excluding ortho intramolecular Hbond substituents is 2. The Morgan fingerprint density at radius 1 is 1.10 bits per heavy atom. The molecule has 2 unspecified atom stereocenters. The summed E-state index contributed by atoms with van der Waals surface area (Å²) in [4.78, 5) is 12.7. The first kappa shape index (κ1) is 19.2. The molecule has 6 heteroatoms. The third kappa shape index (κ3) is 3.77. The molecule has 1 fully saturated rings. The van der Waals surface area contributed by atoms with Gasteiger partial charge in [0.1, 0.15) is 28.2 Å². The number of rotatable bonds is 4. The normalized spacial score (nSPS) is 19.8. The largest absolute Gasteiger partial charge is 0.507 e. The Labute approximate surface area is 167 Å². The number of benzene rings is 2. The van der Waals surface area contributed by atoms with Crippen molar-refractivity contribution in [3.8, 4) is 11.5 Å². The molecule has 1 aliphatic rings. The molecule has 4 N–H and O–H groups in total. The van der Waals surface area contributed by atoms with Gasteiger partial charge in [-0.25, -0.2) is 0 Å².